The van der Waals surface area contributed by atoms with Crippen molar-refractivity contribution in [2.24, 2.45) is 0 Å². The number of amides is 1. The van der Waals surface area contributed by atoms with Gasteiger partial charge in [-0.3, -0.25) is 14.8 Å². The van der Waals surface area contributed by atoms with E-state index in [4.69, 9.17) is 0 Å². The molecule has 3 aromatic heterocycles. The van der Waals surface area contributed by atoms with Crippen LogP contribution in [0.15, 0.2) is 73.3 Å². The summed E-state index contributed by atoms with van der Waals surface area (Å²) in [6, 6.07) is 14.9. The Morgan fingerprint density at radius 1 is 0.939 bits per heavy atom. The van der Waals surface area contributed by atoms with Crippen LogP contribution in [0.4, 0.5) is 17.3 Å². The van der Waals surface area contributed by atoms with Gasteiger partial charge in [-0.2, -0.15) is 0 Å². The van der Waals surface area contributed by atoms with Crippen molar-refractivity contribution in [2.45, 2.75) is 33.1 Å². The van der Waals surface area contributed by atoms with Crippen molar-refractivity contribution >= 4 is 23.2 Å². The summed E-state index contributed by atoms with van der Waals surface area (Å²) in [5, 5.41) is 6.23. The molecule has 3 heterocycles. The average Bonchev–Trinajstić information content (AvgIpc) is 2.81. The van der Waals surface area contributed by atoms with Crippen molar-refractivity contribution in [1.29, 1.82) is 0 Å². The molecule has 1 aromatic carbocycles. The lowest BCUT2D eigenvalue weighted by Gasteiger charge is -2.18. The molecule has 33 heavy (non-hydrogen) atoms. The summed E-state index contributed by atoms with van der Waals surface area (Å²) in [7, 11) is 0. The highest BCUT2D eigenvalue weighted by atomic mass is 16.1. The Labute approximate surface area is 193 Å². The molecule has 1 amide bonds. The summed E-state index contributed by atoms with van der Waals surface area (Å²) >= 11 is 0. The van der Waals surface area contributed by atoms with Gasteiger partial charge in [-0.1, -0.05) is 26.8 Å². The van der Waals surface area contributed by atoms with E-state index >= 15 is 0 Å². The lowest BCUT2D eigenvalue weighted by Crippen LogP contribution is -2.17. The normalized spacial score (nSPS) is 11.2. The van der Waals surface area contributed by atoms with E-state index in [2.05, 4.69) is 51.3 Å². The number of anilines is 3. The Hall–Kier alpha value is -4.13. The van der Waals surface area contributed by atoms with Crippen LogP contribution in [0.25, 0.3) is 11.3 Å². The molecule has 0 aliphatic heterocycles. The number of hydrogen-bond donors (Lipinski definition) is 2. The molecule has 0 radical (unpaired) electrons. The summed E-state index contributed by atoms with van der Waals surface area (Å²) < 4.78 is 0. The Balaban J connectivity index is 1.54. The second kappa shape index (κ2) is 9.16. The predicted octanol–water partition coefficient (Wildman–Crippen LogP) is 5.54. The first-order valence-corrected chi connectivity index (χ1v) is 10.7. The van der Waals surface area contributed by atoms with Crippen LogP contribution >= 0.6 is 0 Å². The van der Waals surface area contributed by atoms with Gasteiger partial charge in [0, 0.05) is 58.4 Å². The second-order valence-electron chi connectivity index (χ2n) is 8.80. The van der Waals surface area contributed by atoms with Crippen LogP contribution in [-0.2, 0) is 5.41 Å². The molecule has 0 atom stereocenters. The van der Waals surface area contributed by atoms with Gasteiger partial charge in [-0.15, -0.1) is 0 Å². The maximum Gasteiger partial charge on any atom is 0.255 e. The number of nitrogens with zero attached hydrogens (tertiary/aromatic N) is 4. The van der Waals surface area contributed by atoms with Crippen LogP contribution < -0.4 is 10.6 Å². The quantitative estimate of drug-likeness (QED) is 0.425. The number of carbonyl (C=O) groups excluding carboxylic acids is 1. The Kier molecular flexibility index (Phi) is 6.13. The Morgan fingerprint density at radius 2 is 1.76 bits per heavy atom. The summed E-state index contributed by atoms with van der Waals surface area (Å²) in [4.78, 5) is 30.3. The molecular formula is C26H26N6O. The SMILES string of the molecule is Cc1ccc(NC(=O)c2ccnc(C(C)(C)C)c2)cc1Nc1nccc(-c2cccnc2)n1. The maximum absolute atomic E-state index is 12.9. The van der Waals surface area contributed by atoms with Gasteiger partial charge in [0.1, 0.15) is 0 Å². The largest absolute Gasteiger partial charge is 0.324 e. The van der Waals surface area contributed by atoms with E-state index in [1.54, 1.807) is 30.9 Å². The van der Waals surface area contributed by atoms with Crippen LogP contribution in [0.2, 0.25) is 0 Å². The van der Waals surface area contributed by atoms with Crippen molar-refractivity contribution in [3.8, 4) is 11.3 Å². The molecule has 0 spiro atoms. The first-order chi connectivity index (χ1) is 15.8. The molecule has 7 nitrogen and oxygen atoms in total. The first kappa shape index (κ1) is 22.1. The topological polar surface area (TPSA) is 92.7 Å². The predicted molar refractivity (Wildman–Crippen MR) is 131 cm³/mol. The van der Waals surface area contributed by atoms with Gasteiger partial charge in [-0.05, 0) is 55.0 Å². The van der Waals surface area contributed by atoms with Gasteiger partial charge in [0.05, 0.1) is 5.69 Å². The minimum atomic E-state index is -0.187. The minimum Gasteiger partial charge on any atom is -0.324 e. The van der Waals surface area contributed by atoms with E-state index in [1.807, 2.05) is 49.4 Å². The summed E-state index contributed by atoms with van der Waals surface area (Å²) in [6.07, 6.45) is 6.86. The maximum atomic E-state index is 12.9. The number of benzene rings is 1. The number of nitrogens with one attached hydrogen (secondary N) is 2. The third kappa shape index (κ3) is 5.38. The molecule has 0 bridgehead atoms. The van der Waals surface area contributed by atoms with Gasteiger partial charge in [0.15, 0.2) is 0 Å². The zero-order chi connectivity index (χ0) is 23.4. The lowest BCUT2D eigenvalue weighted by molar-refractivity contribution is 0.102. The van der Waals surface area contributed by atoms with Crippen molar-refractivity contribution in [3.05, 3.63) is 90.1 Å². The highest BCUT2D eigenvalue weighted by Crippen LogP contribution is 2.25. The molecule has 0 aliphatic carbocycles. The molecule has 2 N–H and O–H groups in total. The van der Waals surface area contributed by atoms with E-state index in [0.717, 1.165) is 28.2 Å². The van der Waals surface area contributed by atoms with E-state index in [0.29, 0.717) is 17.2 Å². The van der Waals surface area contributed by atoms with Crippen LogP contribution in [0.1, 0.15) is 42.4 Å². The number of pyridine rings is 2. The molecular weight excluding hydrogens is 412 g/mol. The van der Waals surface area contributed by atoms with E-state index < -0.39 is 0 Å². The monoisotopic (exact) mass is 438 g/mol. The van der Waals surface area contributed by atoms with Gasteiger partial charge in [-0.25, -0.2) is 9.97 Å². The number of aromatic nitrogens is 4. The van der Waals surface area contributed by atoms with E-state index in [1.165, 1.54) is 0 Å². The fraction of sp³-hybridized carbons (Fsp3) is 0.192. The van der Waals surface area contributed by atoms with Crippen molar-refractivity contribution < 1.29 is 4.79 Å². The van der Waals surface area contributed by atoms with Gasteiger partial charge in [0.25, 0.3) is 5.91 Å². The first-order valence-electron chi connectivity index (χ1n) is 10.7. The molecule has 166 valence electrons. The van der Waals surface area contributed by atoms with Crippen molar-refractivity contribution in [1.82, 2.24) is 19.9 Å². The number of aryl methyl sites for hydroxylation is 1. The summed E-state index contributed by atoms with van der Waals surface area (Å²) in [5.74, 6) is 0.277. The molecule has 4 rings (SSSR count). The molecule has 7 heteroatoms. The highest BCUT2D eigenvalue weighted by Gasteiger charge is 2.17. The van der Waals surface area contributed by atoms with Crippen molar-refractivity contribution in [2.75, 3.05) is 10.6 Å². The Morgan fingerprint density at radius 3 is 2.52 bits per heavy atom. The lowest BCUT2D eigenvalue weighted by atomic mass is 9.91. The minimum absolute atomic E-state index is 0.137. The van der Waals surface area contributed by atoms with Gasteiger partial charge < -0.3 is 10.6 Å². The van der Waals surface area contributed by atoms with E-state index in [-0.39, 0.29) is 11.3 Å². The van der Waals surface area contributed by atoms with E-state index in [9.17, 15) is 4.79 Å². The van der Waals surface area contributed by atoms with Gasteiger partial charge >= 0.3 is 0 Å². The third-order valence-electron chi connectivity index (χ3n) is 5.15. The average molecular weight is 439 g/mol. The van der Waals surface area contributed by atoms with Gasteiger partial charge in [0.2, 0.25) is 5.95 Å². The second-order valence-corrected chi connectivity index (χ2v) is 8.80. The standard InChI is InChI=1S/C26H26N6O/c1-17-7-8-20(30-24(33)18-9-12-28-23(14-18)26(2,3)4)15-22(17)32-25-29-13-10-21(31-25)19-6-5-11-27-16-19/h5-16H,1-4H3,(H,30,33)(H,29,31,32). The zero-order valence-electron chi connectivity index (χ0n) is 19.1. The smallest absolute Gasteiger partial charge is 0.255 e. The molecule has 0 saturated heterocycles. The van der Waals surface area contributed by atoms with Crippen LogP contribution in [-0.4, -0.2) is 25.8 Å². The molecule has 0 unspecified atom stereocenters. The highest BCUT2D eigenvalue weighted by molar-refractivity contribution is 6.04. The number of rotatable bonds is 5. The molecule has 0 aliphatic rings. The summed E-state index contributed by atoms with van der Waals surface area (Å²) in [6.45, 7) is 8.19. The zero-order valence-corrected chi connectivity index (χ0v) is 19.1. The fourth-order valence-electron chi connectivity index (χ4n) is 3.23. The summed E-state index contributed by atoms with van der Waals surface area (Å²) in [5.41, 5.74) is 5.46. The number of hydrogen-bond acceptors (Lipinski definition) is 6. The molecule has 0 saturated carbocycles. The van der Waals surface area contributed by atoms with Crippen LogP contribution in [0.5, 0.6) is 0 Å². The Bertz CT molecular complexity index is 1280. The molecule has 0 fully saturated rings. The van der Waals surface area contributed by atoms with Crippen molar-refractivity contribution in [3.63, 3.8) is 0 Å². The number of carbonyl (C=O) groups is 1. The third-order valence-corrected chi connectivity index (χ3v) is 5.15. The van der Waals surface area contributed by atoms with Crippen LogP contribution in [0, 0.1) is 6.92 Å². The molecule has 4 aromatic rings. The fourth-order valence-corrected chi connectivity index (χ4v) is 3.23. The van der Waals surface area contributed by atoms with Crippen LogP contribution in [0.3, 0.4) is 0 Å².